The van der Waals surface area contributed by atoms with E-state index in [0.29, 0.717) is 13.1 Å². The number of carboxylic acid groups (broad SMARTS) is 1. The third kappa shape index (κ3) is 21.2. The summed E-state index contributed by atoms with van der Waals surface area (Å²) in [7, 11) is 0. The molecular weight excluding hydrogens is 376 g/mol. The molecule has 164 valence electrons. The maximum atomic E-state index is 11.4. The molecule has 1 amide bonds. The van der Waals surface area contributed by atoms with Gasteiger partial charge in [0.15, 0.2) is 0 Å². The number of hydrogen-bond donors (Lipinski definition) is 2. The van der Waals surface area contributed by atoms with E-state index in [1.54, 1.807) is 12.2 Å². The zero-order valence-corrected chi connectivity index (χ0v) is 16.2. The maximum absolute atomic E-state index is 11.4. The summed E-state index contributed by atoms with van der Waals surface area (Å²) in [6.07, 6.45) is 7.26. The number of esters is 2. The van der Waals surface area contributed by atoms with Crippen LogP contribution in [0.1, 0.15) is 33.1 Å². The minimum absolute atomic E-state index is 0. The maximum Gasteiger partial charge on any atom is 0.314 e. The monoisotopic (exact) mass is 410 g/mol. The average molecular weight is 411 g/mol. The number of aliphatic carboxylic acids is 1. The van der Waals surface area contributed by atoms with Crippen LogP contribution >= 0.6 is 0 Å². The Kier molecular flexibility index (Phi) is 22.6. The molecule has 1 rings (SSSR count). The van der Waals surface area contributed by atoms with Gasteiger partial charge in [0.05, 0.1) is 19.3 Å². The Balaban J connectivity index is -0.000000379. The van der Waals surface area contributed by atoms with Crippen molar-refractivity contribution in [1.82, 2.24) is 10.2 Å². The van der Waals surface area contributed by atoms with Gasteiger partial charge in [0.1, 0.15) is 0 Å². The number of carbonyl (C=O) groups is 4. The Morgan fingerprint density at radius 3 is 1.66 bits per heavy atom. The number of rotatable bonds is 11. The van der Waals surface area contributed by atoms with Gasteiger partial charge in [-0.3, -0.25) is 19.2 Å². The Hall–Kier alpha value is -3.00. The Labute approximate surface area is 173 Å². The van der Waals surface area contributed by atoms with Crippen molar-refractivity contribution in [1.29, 1.82) is 0 Å². The molecule has 1 heterocycles. The smallest absolute Gasteiger partial charge is 0.314 e. The van der Waals surface area contributed by atoms with Crippen LogP contribution in [0.25, 0.3) is 0 Å². The van der Waals surface area contributed by atoms with Crippen molar-refractivity contribution in [2.75, 3.05) is 26.2 Å². The van der Waals surface area contributed by atoms with Crippen LogP contribution in [-0.2, 0) is 23.9 Å². The molecular formula is C21H34N2O6. The van der Waals surface area contributed by atoms with Gasteiger partial charge in [0.2, 0.25) is 5.91 Å². The van der Waals surface area contributed by atoms with Crippen LogP contribution in [0.15, 0.2) is 50.6 Å². The van der Waals surface area contributed by atoms with E-state index in [4.69, 9.17) is 5.11 Å². The number of carboxylic acids is 1. The largest absolute Gasteiger partial charge is 0.481 e. The molecule has 1 saturated heterocycles. The summed E-state index contributed by atoms with van der Waals surface area (Å²) in [6.45, 7) is 16.7. The molecule has 1 fully saturated rings. The van der Waals surface area contributed by atoms with Crippen LogP contribution in [0.4, 0.5) is 0 Å². The van der Waals surface area contributed by atoms with Gasteiger partial charge in [-0.15, -0.1) is 26.3 Å². The number of ether oxygens (including phenoxy) is 1. The molecule has 0 radical (unpaired) electrons. The first kappa shape index (κ1) is 30.7. The van der Waals surface area contributed by atoms with Gasteiger partial charge >= 0.3 is 17.9 Å². The van der Waals surface area contributed by atoms with Gasteiger partial charge in [0, 0.05) is 32.6 Å². The molecule has 0 saturated carbocycles. The highest BCUT2D eigenvalue weighted by atomic mass is 16.6. The highest BCUT2D eigenvalue weighted by molar-refractivity contribution is 5.92. The summed E-state index contributed by atoms with van der Waals surface area (Å²) in [6, 6.07) is 0. The van der Waals surface area contributed by atoms with Crippen molar-refractivity contribution in [3.05, 3.63) is 50.6 Å². The highest BCUT2D eigenvalue weighted by Crippen LogP contribution is 2.04. The topological polar surface area (TPSA) is 113 Å². The molecule has 0 bridgehead atoms. The molecule has 29 heavy (non-hydrogen) atoms. The molecule has 8 nitrogen and oxygen atoms in total. The molecule has 8 heteroatoms. The molecule has 2 N–H and O–H groups in total. The van der Waals surface area contributed by atoms with Crippen molar-refractivity contribution in [3.63, 3.8) is 0 Å². The highest BCUT2D eigenvalue weighted by Gasteiger charge is 2.19. The van der Waals surface area contributed by atoms with Gasteiger partial charge < -0.3 is 20.1 Å². The predicted molar refractivity (Wildman–Crippen MR) is 114 cm³/mol. The van der Waals surface area contributed by atoms with Crippen LogP contribution in [0.3, 0.4) is 0 Å². The van der Waals surface area contributed by atoms with Crippen LogP contribution in [0, 0.1) is 0 Å². The zero-order chi connectivity index (χ0) is 21.8. The van der Waals surface area contributed by atoms with Crippen LogP contribution in [0.2, 0.25) is 0 Å². The quantitative estimate of drug-likeness (QED) is 0.233. The first-order chi connectivity index (χ1) is 13.3. The summed E-state index contributed by atoms with van der Waals surface area (Å²) in [4.78, 5) is 43.1. The first-order valence-electron chi connectivity index (χ1n) is 8.69. The van der Waals surface area contributed by atoms with Crippen LogP contribution < -0.4 is 5.32 Å². The minimum atomic E-state index is -0.962. The van der Waals surface area contributed by atoms with E-state index in [0.717, 1.165) is 13.1 Å². The van der Waals surface area contributed by atoms with E-state index in [9.17, 15) is 19.2 Å². The summed E-state index contributed by atoms with van der Waals surface area (Å²) >= 11 is 0. The second-order valence-corrected chi connectivity index (χ2v) is 5.35. The number of carbonyl (C=O) groups excluding carboxylic acids is 3. The van der Waals surface area contributed by atoms with Crippen molar-refractivity contribution >= 4 is 23.8 Å². The van der Waals surface area contributed by atoms with E-state index in [1.807, 2.05) is 12.2 Å². The number of cyclic esters (lactones) is 2. The van der Waals surface area contributed by atoms with E-state index < -0.39 is 17.9 Å². The van der Waals surface area contributed by atoms with E-state index in [-0.39, 0.29) is 39.0 Å². The zero-order valence-electron chi connectivity index (χ0n) is 16.2. The Bertz CT molecular complexity index is 525. The van der Waals surface area contributed by atoms with Crippen LogP contribution in [0.5, 0.6) is 0 Å². The second-order valence-electron chi connectivity index (χ2n) is 5.35. The molecule has 1 aliphatic heterocycles. The molecule has 0 aliphatic carbocycles. The van der Waals surface area contributed by atoms with Crippen molar-refractivity contribution in [3.8, 4) is 0 Å². The lowest BCUT2D eigenvalue weighted by Crippen LogP contribution is -2.31. The lowest BCUT2D eigenvalue weighted by atomic mass is 10.2. The number of nitrogens with zero attached hydrogens (tertiary/aromatic N) is 1. The van der Waals surface area contributed by atoms with Crippen LogP contribution in [-0.4, -0.2) is 60.0 Å². The summed E-state index contributed by atoms with van der Waals surface area (Å²) < 4.78 is 4.08. The fourth-order valence-electron chi connectivity index (χ4n) is 1.68. The van der Waals surface area contributed by atoms with Gasteiger partial charge in [-0.05, 0) is 0 Å². The summed E-state index contributed by atoms with van der Waals surface area (Å²) in [5.74, 6) is -1.95. The normalized spacial score (nSPS) is 11.2. The fourth-order valence-corrected chi connectivity index (χ4v) is 1.68. The Morgan fingerprint density at radius 1 is 0.931 bits per heavy atom. The van der Waals surface area contributed by atoms with Gasteiger partial charge in [-0.1, -0.05) is 31.7 Å². The number of hydrogen-bond acceptors (Lipinski definition) is 6. The summed E-state index contributed by atoms with van der Waals surface area (Å²) in [5, 5.41) is 11.4. The molecule has 0 spiro atoms. The average Bonchev–Trinajstić information content (AvgIpc) is 3.04. The van der Waals surface area contributed by atoms with Gasteiger partial charge in [-0.2, -0.15) is 0 Å². The minimum Gasteiger partial charge on any atom is -0.481 e. The standard InChI is InChI=1S/C10H15NO3.C6H11N.C4H4O3.CH4/c1-3-7-11(8-4-2)9(12)5-6-10(13)14;1-3-5-7-6-4-2;5-3-1-2-4(6)7-3;/h3-4H,1-2,5-8H2,(H,13,14);3-4,7H,1-2,5-6H2;1-2H2;1H4. The third-order valence-corrected chi connectivity index (χ3v) is 2.94. The van der Waals surface area contributed by atoms with E-state index in [2.05, 4.69) is 36.4 Å². The predicted octanol–water partition coefficient (Wildman–Crippen LogP) is 2.49. The summed E-state index contributed by atoms with van der Waals surface area (Å²) in [5.41, 5.74) is 0. The fraction of sp³-hybridized carbons (Fsp3) is 0.429. The van der Waals surface area contributed by atoms with Crippen molar-refractivity contribution in [2.45, 2.75) is 33.1 Å². The molecule has 1 aliphatic rings. The molecule has 0 aromatic rings. The lowest BCUT2D eigenvalue weighted by molar-refractivity contribution is -0.152. The van der Waals surface area contributed by atoms with Crippen molar-refractivity contribution in [2.24, 2.45) is 0 Å². The first-order valence-corrected chi connectivity index (χ1v) is 8.69. The van der Waals surface area contributed by atoms with E-state index >= 15 is 0 Å². The molecule has 0 atom stereocenters. The Morgan fingerprint density at radius 2 is 1.38 bits per heavy atom. The molecule has 0 aromatic carbocycles. The molecule has 0 aromatic heterocycles. The second kappa shape index (κ2) is 21.3. The molecule has 0 unspecified atom stereocenters. The lowest BCUT2D eigenvalue weighted by Gasteiger charge is -2.18. The van der Waals surface area contributed by atoms with Gasteiger partial charge in [-0.25, -0.2) is 0 Å². The van der Waals surface area contributed by atoms with E-state index in [1.165, 1.54) is 4.90 Å². The number of amides is 1. The van der Waals surface area contributed by atoms with Crippen molar-refractivity contribution < 1.29 is 29.0 Å². The van der Waals surface area contributed by atoms with Gasteiger partial charge in [0.25, 0.3) is 0 Å². The number of nitrogens with one attached hydrogen (secondary N) is 1. The SMILES string of the molecule is C.C=CCN(CC=C)C(=O)CCC(=O)O.C=CCNCC=C.O=C1CCC(=O)O1. The third-order valence-electron chi connectivity index (χ3n) is 2.94.